The molecular formula is C16H21N4O+. The van der Waals surface area contributed by atoms with Crippen molar-refractivity contribution in [1.29, 1.82) is 0 Å². The van der Waals surface area contributed by atoms with E-state index in [1.807, 2.05) is 73.1 Å². The van der Waals surface area contributed by atoms with Gasteiger partial charge in [0.05, 0.1) is 25.0 Å². The average molecular weight is 285 g/mol. The van der Waals surface area contributed by atoms with Crippen LogP contribution in [0.25, 0.3) is 0 Å². The highest BCUT2D eigenvalue weighted by atomic mass is 16.3. The van der Waals surface area contributed by atoms with Crippen molar-refractivity contribution in [3.63, 3.8) is 0 Å². The van der Waals surface area contributed by atoms with Crippen LogP contribution in [0.1, 0.15) is 5.56 Å². The molecule has 1 N–H and O–H groups in total. The smallest absolute Gasteiger partial charge is 0.350 e. The first-order chi connectivity index (χ1) is 10.1. The number of aryl methyl sites for hydroxylation is 2. The van der Waals surface area contributed by atoms with Crippen LogP contribution in [0.15, 0.2) is 52.8 Å². The predicted molar refractivity (Wildman–Crippen MR) is 83.3 cm³/mol. The highest BCUT2D eigenvalue weighted by molar-refractivity contribution is 5.52. The van der Waals surface area contributed by atoms with Crippen LogP contribution in [0.2, 0.25) is 0 Å². The summed E-state index contributed by atoms with van der Waals surface area (Å²) in [5.41, 5.74) is 3.00. The third kappa shape index (κ3) is 4.10. The molecule has 5 nitrogen and oxygen atoms in total. The van der Waals surface area contributed by atoms with E-state index in [9.17, 15) is 0 Å². The van der Waals surface area contributed by atoms with Gasteiger partial charge in [0.15, 0.2) is 0 Å². The van der Waals surface area contributed by atoms with Crippen LogP contribution in [-0.2, 0) is 7.05 Å². The normalized spacial score (nSPS) is 11.0. The van der Waals surface area contributed by atoms with Crippen molar-refractivity contribution < 1.29 is 9.67 Å². The largest absolute Gasteiger partial charge is 0.395 e. The summed E-state index contributed by atoms with van der Waals surface area (Å²) in [5.74, 6) is 0.816. The molecule has 0 fully saturated rings. The number of aromatic nitrogens is 1. The van der Waals surface area contributed by atoms with E-state index in [0.717, 1.165) is 22.8 Å². The zero-order valence-electron chi connectivity index (χ0n) is 12.7. The van der Waals surface area contributed by atoms with E-state index in [0.29, 0.717) is 6.54 Å². The minimum absolute atomic E-state index is 0.141. The number of aliphatic hydroxyl groups excluding tert-OH is 1. The SMILES string of the molecule is Cc1cc[n+](C)c(N=Nc2ccc(N(C)CCO)cc2)c1. The first-order valence-corrected chi connectivity index (χ1v) is 6.90. The Morgan fingerprint density at radius 2 is 1.86 bits per heavy atom. The minimum atomic E-state index is 0.141. The Bertz CT molecular complexity index is 623. The molecule has 1 aromatic carbocycles. The molecule has 0 aliphatic carbocycles. The van der Waals surface area contributed by atoms with Gasteiger partial charge in [-0.2, -0.15) is 0 Å². The van der Waals surface area contributed by atoms with Gasteiger partial charge in [-0.1, -0.05) is 0 Å². The quantitative estimate of drug-likeness (QED) is 0.678. The van der Waals surface area contributed by atoms with Crippen molar-refractivity contribution in [1.82, 2.24) is 0 Å². The van der Waals surface area contributed by atoms with Crippen molar-refractivity contribution in [3.05, 3.63) is 48.2 Å². The van der Waals surface area contributed by atoms with Crippen molar-refractivity contribution in [2.75, 3.05) is 25.1 Å². The molecule has 1 heterocycles. The fourth-order valence-electron chi connectivity index (χ4n) is 1.92. The highest BCUT2D eigenvalue weighted by Crippen LogP contribution is 2.20. The number of azo groups is 1. The number of hydrogen-bond acceptors (Lipinski definition) is 4. The number of anilines is 1. The van der Waals surface area contributed by atoms with Crippen LogP contribution in [0.5, 0.6) is 0 Å². The van der Waals surface area contributed by atoms with E-state index in [1.54, 1.807) is 0 Å². The molecule has 5 heteroatoms. The van der Waals surface area contributed by atoms with Gasteiger partial charge in [-0.05, 0) is 47.9 Å². The Kier molecular flexibility index (Phi) is 5.00. The molecule has 0 bridgehead atoms. The van der Waals surface area contributed by atoms with E-state index in [-0.39, 0.29) is 6.61 Å². The van der Waals surface area contributed by atoms with Gasteiger partial charge in [-0.15, -0.1) is 0 Å². The third-order valence-corrected chi connectivity index (χ3v) is 3.27. The molecule has 0 saturated carbocycles. The van der Waals surface area contributed by atoms with E-state index in [4.69, 9.17) is 5.11 Å². The molecule has 0 amide bonds. The van der Waals surface area contributed by atoms with Gasteiger partial charge in [0, 0.05) is 25.3 Å². The number of rotatable bonds is 5. The summed E-state index contributed by atoms with van der Waals surface area (Å²) in [7, 11) is 3.89. The fourth-order valence-corrected chi connectivity index (χ4v) is 1.92. The second-order valence-electron chi connectivity index (χ2n) is 5.03. The lowest BCUT2D eigenvalue weighted by atomic mass is 10.2. The molecule has 1 aromatic heterocycles. The minimum Gasteiger partial charge on any atom is -0.395 e. The summed E-state index contributed by atoms with van der Waals surface area (Å²) < 4.78 is 1.93. The number of hydrogen-bond donors (Lipinski definition) is 1. The highest BCUT2D eigenvalue weighted by Gasteiger charge is 2.06. The van der Waals surface area contributed by atoms with Crippen molar-refractivity contribution in [2.45, 2.75) is 6.92 Å². The molecule has 0 aliphatic rings. The van der Waals surface area contributed by atoms with E-state index in [2.05, 4.69) is 10.2 Å². The maximum Gasteiger partial charge on any atom is 0.350 e. The summed E-state index contributed by atoms with van der Waals surface area (Å²) in [5, 5.41) is 17.5. The van der Waals surface area contributed by atoms with Crippen LogP contribution < -0.4 is 9.47 Å². The summed E-state index contributed by atoms with van der Waals surface area (Å²) in [4.78, 5) is 1.99. The molecule has 0 unspecified atom stereocenters. The molecule has 2 aromatic rings. The zero-order valence-corrected chi connectivity index (χ0v) is 12.7. The summed E-state index contributed by atoms with van der Waals surface area (Å²) in [6.07, 6.45) is 1.97. The Balaban J connectivity index is 2.13. The number of nitrogens with zero attached hydrogens (tertiary/aromatic N) is 4. The zero-order chi connectivity index (χ0) is 15.2. The Morgan fingerprint density at radius 3 is 2.52 bits per heavy atom. The molecule has 0 spiro atoms. The summed E-state index contributed by atoms with van der Waals surface area (Å²) in [6.45, 7) is 2.78. The van der Waals surface area contributed by atoms with Crippen LogP contribution in [0.4, 0.5) is 17.2 Å². The molecule has 0 radical (unpaired) electrons. The van der Waals surface area contributed by atoms with E-state index in [1.165, 1.54) is 0 Å². The number of benzene rings is 1. The lowest BCUT2D eigenvalue weighted by Gasteiger charge is -2.17. The van der Waals surface area contributed by atoms with Crippen LogP contribution in [-0.4, -0.2) is 25.3 Å². The molecule has 0 aliphatic heterocycles. The lowest BCUT2D eigenvalue weighted by molar-refractivity contribution is -0.658. The van der Waals surface area contributed by atoms with E-state index < -0.39 is 0 Å². The molecular weight excluding hydrogens is 264 g/mol. The summed E-state index contributed by atoms with van der Waals surface area (Å²) >= 11 is 0. The second-order valence-corrected chi connectivity index (χ2v) is 5.03. The Morgan fingerprint density at radius 1 is 1.14 bits per heavy atom. The second kappa shape index (κ2) is 6.95. The molecule has 2 rings (SSSR count). The molecule has 21 heavy (non-hydrogen) atoms. The predicted octanol–water partition coefficient (Wildman–Crippen LogP) is 2.66. The Labute approximate surface area is 125 Å². The molecule has 110 valence electrons. The van der Waals surface area contributed by atoms with Gasteiger partial charge >= 0.3 is 5.82 Å². The van der Waals surface area contributed by atoms with Gasteiger partial charge in [0.25, 0.3) is 0 Å². The fraction of sp³-hybridized carbons (Fsp3) is 0.312. The molecule has 0 atom stereocenters. The Hall–Kier alpha value is -2.27. The summed E-state index contributed by atoms with van der Waals surface area (Å²) in [6, 6.07) is 11.8. The van der Waals surface area contributed by atoms with Gasteiger partial charge < -0.3 is 10.0 Å². The van der Waals surface area contributed by atoms with Gasteiger partial charge in [0.1, 0.15) is 5.69 Å². The topological polar surface area (TPSA) is 52.1 Å². The third-order valence-electron chi connectivity index (χ3n) is 3.27. The monoisotopic (exact) mass is 285 g/mol. The molecule has 0 saturated heterocycles. The first-order valence-electron chi connectivity index (χ1n) is 6.90. The van der Waals surface area contributed by atoms with Gasteiger partial charge in [0.2, 0.25) is 0 Å². The number of aliphatic hydroxyl groups is 1. The number of likely N-dealkylation sites (N-methyl/N-ethyl adjacent to an activating group) is 1. The standard InChI is InChI=1S/C16H21N4O/c1-13-8-9-20(3)16(12-13)18-17-14-4-6-15(7-5-14)19(2)10-11-21/h4-9,12,21H,10-11H2,1-3H3/q+1. The van der Waals surface area contributed by atoms with Crippen LogP contribution in [0, 0.1) is 6.92 Å². The van der Waals surface area contributed by atoms with Crippen molar-refractivity contribution >= 4 is 17.2 Å². The van der Waals surface area contributed by atoms with Crippen molar-refractivity contribution in [3.8, 4) is 0 Å². The first kappa shape index (κ1) is 15.1. The average Bonchev–Trinajstić information content (AvgIpc) is 2.49. The number of pyridine rings is 1. The van der Waals surface area contributed by atoms with Gasteiger partial charge in [-0.3, -0.25) is 0 Å². The van der Waals surface area contributed by atoms with Crippen molar-refractivity contribution in [2.24, 2.45) is 17.3 Å². The maximum atomic E-state index is 8.93. The van der Waals surface area contributed by atoms with Crippen LogP contribution in [0.3, 0.4) is 0 Å². The van der Waals surface area contributed by atoms with Gasteiger partial charge in [-0.25, -0.2) is 4.57 Å². The maximum absolute atomic E-state index is 8.93. The van der Waals surface area contributed by atoms with E-state index >= 15 is 0 Å². The lowest BCUT2D eigenvalue weighted by Crippen LogP contribution is -2.27. The van der Waals surface area contributed by atoms with Crippen LogP contribution >= 0.6 is 0 Å².